The number of phenolic OH excluding ortho intramolecular Hbond substituents is 1. The Bertz CT molecular complexity index is 2000. The lowest BCUT2D eigenvalue weighted by atomic mass is 9.79. The minimum Gasteiger partial charge on any atom is -0.507 e. The summed E-state index contributed by atoms with van der Waals surface area (Å²) in [6.07, 6.45) is 7.00. The lowest BCUT2D eigenvalue weighted by Gasteiger charge is -2.27. The van der Waals surface area contributed by atoms with Crippen molar-refractivity contribution in [2.75, 3.05) is 4.90 Å². The molecule has 3 aromatic carbocycles. The molecule has 0 saturated heterocycles. The lowest BCUT2D eigenvalue weighted by molar-refractivity contribution is 0.446. The van der Waals surface area contributed by atoms with Crippen LogP contribution in [0.25, 0.3) is 31.9 Å². The van der Waals surface area contributed by atoms with Gasteiger partial charge in [-0.2, -0.15) is 0 Å². The third-order valence-corrected chi connectivity index (χ3v) is 9.21. The first-order valence-corrected chi connectivity index (χ1v) is 16.0. The molecule has 0 saturated carbocycles. The van der Waals surface area contributed by atoms with Gasteiger partial charge in [-0.3, -0.25) is 14.9 Å². The van der Waals surface area contributed by atoms with Crippen molar-refractivity contribution in [3.8, 4) is 27.4 Å². The topological polar surface area (TPSA) is 75.0 Å². The van der Waals surface area contributed by atoms with Crippen molar-refractivity contribution < 1.29 is 5.11 Å². The van der Waals surface area contributed by atoms with Gasteiger partial charge in [0, 0.05) is 35.4 Å². The van der Waals surface area contributed by atoms with Crippen LogP contribution in [0, 0.1) is 13.8 Å². The average molecular weight is 614 g/mol. The average Bonchev–Trinajstić information content (AvgIpc) is 3.43. The fourth-order valence-electron chi connectivity index (χ4n) is 5.72. The molecule has 6 rings (SSSR count). The van der Waals surface area contributed by atoms with Crippen LogP contribution in [-0.4, -0.2) is 25.0 Å². The molecule has 6 aromatic rings. The van der Waals surface area contributed by atoms with Crippen molar-refractivity contribution in [1.82, 2.24) is 19.9 Å². The molecule has 0 bridgehead atoms. The number of rotatable bonds is 5. The molecule has 0 aliphatic heterocycles. The van der Waals surface area contributed by atoms with Crippen molar-refractivity contribution in [2.45, 2.75) is 66.2 Å². The van der Waals surface area contributed by atoms with Crippen molar-refractivity contribution in [3.63, 3.8) is 0 Å². The van der Waals surface area contributed by atoms with E-state index in [9.17, 15) is 5.11 Å². The van der Waals surface area contributed by atoms with Crippen LogP contribution in [0.2, 0.25) is 0 Å². The number of aryl methyl sites for hydroxylation is 2. The Morgan fingerprint density at radius 2 is 1.56 bits per heavy atom. The number of thiazole rings is 1. The first kappa shape index (κ1) is 30.4. The first-order chi connectivity index (χ1) is 21.3. The van der Waals surface area contributed by atoms with E-state index in [4.69, 9.17) is 4.98 Å². The van der Waals surface area contributed by atoms with Gasteiger partial charge in [0.2, 0.25) is 0 Å². The van der Waals surface area contributed by atoms with Gasteiger partial charge in [0.15, 0.2) is 5.82 Å². The Labute approximate surface area is 269 Å². The van der Waals surface area contributed by atoms with Gasteiger partial charge in [-0.05, 0) is 71.7 Å². The summed E-state index contributed by atoms with van der Waals surface area (Å²) < 4.78 is 1.07. The zero-order chi connectivity index (χ0) is 32.1. The summed E-state index contributed by atoms with van der Waals surface area (Å²) in [6.45, 7) is 17.1. The predicted molar refractivity (Wildman–Crippen MR) is 187 cm³/mol. The SMILES string of the molecule is Cc1ccnc(C)c1N(c1cccc(-c2cccc3sc(-c4cc(C(C)(C)C)cc(C(C)(C)C)c4O)nc23)c1)c1cnccn1. The zero-order valence-electron chi connectivity index (χ0n) is 27.2. The summed E-state index contributed by atoms with van der Waals surface area (Å²) >= 11 is 1.61. The molecule has 0 atom stereocenters. The number of hydrogen-bond acceptors (Lipinski definition) is 7. The summed E-state index contributed by atoms with van der Waals surface area (Å²) in [5, 5.41) is 12.4. The highest BCUT2D eigenvalue weighted by Gasteiger charge is 2.27. The Kier molecular flexibility index (Phi) is 7.69. The van der Waals surface area contributed by atoms with Crippen molar-refractivity contribution in [1.29, 1.82) is 0 Å². The van der Waals surface area contributed by atoms with E-state index in [1.807, 2.05) is 19.2 Å². The Morgan fingerprint density at radius 1 is 0.778 bits per heavy atom. The van der Waals surface area contributed by atoms with Gasteiger partial charge >= 0.3 is 0 Å². The Balaban J connectivity index is 1.52. The summed E-state index contributed by atoms with van der Waals surface area (Å²) in [6, 6.07) is 21.0. The fourth-order valence-corrected chi connectivity index (χ4v) is 6.73. The van der Waals surface area contributed by atoms with E-state index in [1.165, 1.54) is 5.56 Å². The normalized spacial score (nSPS) is 12.1. The van der Waals surface area contributed by atoms with Crippen LogP contribution in [0.1, 0.15) is 63.9 Å². The maximum absolute atomic E-state index is 11.6. The van der Waals surface area contributed by atoms with E-state index in [-0.39, 0.29) is 10.8 Å². The summed E-state index contributed by atoms with van der Waals surface area (Å²) in [5.41, 5.74) is 9.49. The molecule has 0 radical (unpaired) electrons. The highest BCUT2D eigenvalue weighted by molar-refractivity contribution is 7.21. The number of benzene rings is 3. The van der Waals surface area contributed by atoms with E-state index in [0.29, 0.717) is 11.6 Å². The summed E-state index contributed by atoms with van der Waals surface area (Å²) in [4.78, 5) is 20.9. The van der Waals surface area contributed by atoms with E-state index in [0.717, 1.165) is 60.1 Å². The maximum atomic E-state index is 11.6. The number of nitrogens with zero attached hydrogens (tertiary/aromatic N) is 5. The number of pyridine rings is 1. The van der Waals surface area contributed by atoms with Crippen LogP contribution in [-0.2, 0) is 10.8 Å². The van der Waals surface area contributed by atoms with Crippen LogP contribution < -0.4 is 4.90 Å². The molecular formula is C38H39N5OS. The van der Waals surface area contributed by atoms with E-state index in [1.54, 1.807) is 29.9 Å². The molecule has 228 valence electrons. The van der Waals surface area contributed by atoms with E-state index >= 15 is 0 Å². The second kappa shape index (κ2) is 11.4. The molecular weight excluding hydrogens is 575 g/mol. The monoisotopic (exact) mass is 613 g/mol. The van der Waals surface area contributed by atoms with Crippen LogP contribution in [0.3, 0.4) is 0 Å². The molecule has 0 unspecified atom stereocenters. The molecule has 0 aliphatic carbocycles. The second-order valence-electron chi connectivity index (χ2n) is 13.6. The van der Waals surface area contributed by atoms with Gasteiger partial charge in [0.05, 0.1) is 33.4 Å². The summed E-state index contributed by atoms with van der Waals surface area (Å²) in [7, 11) is 0. The highest BCUT2D eigenvalue weighted by atomic mass is 32.1. The number of phenols is 1. The smallest absolute Gasteiger partial charge is 0.156 e. The van der Waals surface area contributed by atoms with Gasteiger partial charge in [-0.25, -0.2) is 9.97 Å². The number of fused-ring (bicyclic) bond motifs is 1. The quantitative estimate of drug-likeness (QED) is 0.209. The van der Waals surface area contributed by atoms with Crippen LogP contribution >= 0.6 is 11.3 Å². The van der Waals surface area contributed by atoms with Gasteiger partial charge in [-0.15, -0.1) is 11.3 Å². The molecule has 1 N–H and O–H groups in total. The maximum Gasteiger partial charge on any atom is 0.156 e. The van der Waals surface area contributed by atoms with Gasteiger partial charge in [0.1, 0.15) is 10.8 Å². The second-order valence-corrected chi connectivity index (χ2v) is 14.6. The minimum atomic E-state index is -0.220. The number of aromatic nitrogens is 4. The Morgan fingerprint density at radius 3 is 2.24 bits per heavy atom. The van der Waals surface area contributed by atoms with Crippen LogP contribution in [0.15, 0.2) is 85.5 Å². The molecule has 45 heavy (non-hydrogen) atoms. The lowest BCUT2D eigenvalue weighted by Crippen LogP contribution is -2.17. The van der Waals surface area contributed by atoms with Gasteiger partial charge in [-0.1, -0.05) is 71.9 Å². The van der Waals surface area contributed by atoms with Crippen molar-refractivity contribution in [3.05, 3.63) is 108 Å². The molecule has 0 aliphatic rings. The number of hydrogen-bond donors (Lipinski definition) is 1. The highest BCUT2D eigenvalue weighted by Crippen LogP contribution is 2.45. The molecule has 0 fully saturated rings. The fraction of sp³-hybridized carbons (Fsp3) is 0.263. The molecule has 0 spiro atoms. The van der Waals surface area contributed by atoms with Crippen LogP contribution in [0.4, 0.5) is 17.2 Å². The van der Waals surface area contributed by atoms with E-state index < -0.39 is 0 Å². The summed E-state index contributed by atoms with van der Waals surface area (Å²) in [5.74, 6) is 1.02. The van der Waals surface area contributed by atoms with Gasteiger partial charge < -0.3 is 5.11 Å². The zero-order valence-corrected chi connectivity index (χ0v) is 28.0. The van der Waals surface area contributed by atoms with Gasteiger partial charge in [0.25, 0.3) is 0 Å². The van der Waals surface area contributed by atoms with Crippen LogP contribution in [0.5, 0.6) is 5.75 Å². The largest absolute Gasteiger partial charge is 0.507 e. The molecule has 3 aromatic heterocycles. The first-order valence-electron chi connectivity index (χ1n) is 15.2. The number of anilines is 3. The van der Waals surface area contributed by atoms with E-state index in [2.05, 4.69) is 123 Å². The molecule has 6 nitrogen and oxygen atoms in total. The number of aromatic hydroxyl groups is 1. The third kappa shape index (κ3) is 5.80. The number of para-hydroxylation sites is 1. The standard InChI is InChI=1S/C38H39N5OS/c1-23-15-16-40-24(2)34(23)43(32-22-39-17-18-41-32)27-12-9-11-25(19-27)28-13-10-14-31-33(28)42-36(45-31)29-20-26(37(3,4)5)21-30(35(29)44)38(6,7)8/h9-22,44H,1-8H3. The third-order valence-electron chi connectivity index (χ3n) is 8.16. The Hall–Kier alpha value is -4.62. The molecule has 3 heterocycles. The molecule has 7 heteroatoms. The minimum absolute atomic E-state index is 0.0787. The predicted octanol–water partition coefficient (Wildman–Crippen LogP) is 10.2. The van der Waals surface area contributed by atoms with Crippen molar-refractivity contribution in [2.24, 2.45) is 0 Å². The van der Waals surface area contributed by atoms with Crippen molar-refractivity contribution >= 4 is 38.7 Å². The molecule has 0 amide bonds.